The van der Waals surface area contributed by atoms with E-state index in [2.05, 4.69) is 4.74 Å². The van der Waals surface area contributed by atoms with Crippen molar-refractivity contribution in [3.63, 3.8) is 0 Å². The fourth-order valence-corrected chi connectivity index (χ4v) is 2.80. The summed E-state index contributed by atoms with van der Waals surface area (Å²) in [6, 6.07) is 15.0. The van der Waals surface area contributed by atoms with Crippen LogP contribution in [0.25, 0.3) is 0 Å². The molecule has 5 heteroatoms. The van der Waals surface area contributed by atoms with Crippen molar-refractivity contribution >= 4 is 11.9 Å². The Kier molecular flexibility index (Phi) is 4.42. The second-order valence-corrected chi connectivity index (χ2v) is 5.41. The largest absolute Gasteiger partial charge is 0.463 e. The molecule has 0 saturated heterocycles. The number of hydrogen-bond acceptors (Lipinski definition) is 4. The van der Waals surface area contributed by atoms with Crippen LogP contribution in [-0.2, 0) is 19.1 Å². The molecule has 0 aliphatic carbocycles. The SMILES string of the molecule is COC(=O)C1=C[C@H](c2ccc(F)cc2)[C@H](c2ccccc2)C(=O)O1. The lowest BCUT2D eigenvalue weighted by atomic mass is 9.80. The van der Waals surface area contributed by atoms with Gasteiger partial charge in [-0.2, -0.15) is 0 Å². The van der Waals surface area contributed by atoms with Gasteiger partial charge in [0.05, 0.1) is 13.0 Å². The van der Waals surface area contributed by atoms with Crippen LogP contribution < -0.4 is 0 Å². The zero-order chi connectivity index (χ0) is 17.1. The molecule has 2 aromatic carbocycles. The normalized spacial score (nSPS) is 20.1. The van der Waals surface area contributed by atoms with Crippen LogP contribution in [0.2, 0.25) is 0 Å². The number of rotatable bonds is 3. The molecule has 0 radical (unpaired) electrons. The summed E-state index contributed by atoms with van der Waals surface area (Å²) in [7, 11) is 1.22. The first kappa shape index (κ1) is 15.9. The first-order chi connectivity index (χ1) is 11.6. The number of ether oxygens (including phenoxy) is 2. The average Bonchev–Trinajstić information content (AvgIpc) is 2.61. The Morgan fingerprint density at radius 3 is 2.33 bits per heavy atom. The van der Waals surface area contributed by atoms with E-state index < -0.39 is 23.8 Å². The molecule has 2 aromatic rings. The predicted octanol–water partition coefficient (Wildman–Crippen LogP) is 3.31. The first-order valence-electron chi connectivity index (χ1n) is 7.42. The molecule has 0 aromatic heterocycles. The quantitative estimate of drug-likeness (QED) is 0.812. The third-order valence-electron chi connectivity index (χ3n) is 3.95. The van der Waals surface area contributed by atoms with Gasteiger partial charge in [0.1, 0.15) is 5.82 Å². The number of cyclic esters (lactones) is 1. The van der Waals surface area contributed by atoms with Crippen molar-refractivity contribution in [2.24, 2.45) is 0 Å². The average molecular weight is 326 g/mol. The molecule has 0 spiro atoms. The lowest BCUT2D eigenvalue weighted by Gasteiger charge is -2.28. The van der Waals surface area contributed by atoms with Crippen LogP contribution in [0.4, 0.5) is 4.39 Å². The summed E-state index contributed by atoms with van der Waals surface area (Å²) in [4.78, 5) is 24.3. The second kappa shape index (κ2) is 6.66. The molecule has 122 valence electrons. The van der Waals surface area contributed by atoms with E-state index in [1.165, 1.54) is 19.2 Å². The minimum atomic E-state index is -0.720. The molecule has 1 aliphatic heterocycles. The highest BCUT2D eigenvalue weighted by atomic mass is 19.1. The van der Waals surface area contributed by atoms with Gasteiger partial charge in [-0.05, 0) is 29.3 Å². The van der Waals surface area contributed by atoms with Crippen molar-refractivity contribution in [2.45, 2.75) is 11.8 Å². The number of benzene rings is 2. The minimum Gasteiger partial charge on any atom is -0.463 e. The summed E-state index contributed by atoms with van der Waals surface area (Å²) < 4.78 is 23.0. The molecular formula is C19H15FO4. The van der Waals surface area contributed by atoms with E-state index in [1.54, 1.807) is 18.2 Å². The Morgan fingerprint density at radius 2 is 1.71 bits per heavy atom. The molecule has 0 bridgehead atoms. The highest BCUT2D eigenvalue weighted by molar-refractivity contribution is 5.93. The number of allylic oxidation sites excluding steroid dienone is 1. The highest BCUT2D eigenvalue weighted by Crippen LogP contribution is 2.39. The Balaban J connectivity index is 2.09. The van der Waals surface area contributed by atoms with Crippen LogP contribution in [0.1, 0.15) is 23.0 Å². The summed E-state index contributed by atoms with van der Waals surface area (Å²) >= 11 is 0. The fraction of sp³-hybridized carbons (Fsp3) is 0.158. The maximum Gasteiger partial charge on any atom is 0.373 e. The fourth-order valence-electron chi connectivity index (χ4n) is 2.80. The molecule has 0 saturated carbocycles. The summed E-state index contributed by atoms with van der Waals surface area (Å²) in [5.74, 6) is -2.86. The number of carbonyl (C=O) groups is 2. The smallest absolute Gasteiger partial charge is 0.373 e. The highest BCUT2D eigenvalue weighted by Gasteiger charge is 2.38. The standard InChI is InChI=1S/C19H15FO4/c1-23-18(21)16-11-15(12-7-9-14(20)10-8-12)17(19(22)24-16)13-5-3-2-4-6-13/h2-11,15,17H,1H3/t15-,17+/m1/s1. The number of esters is 2. The van der Waals surface area contributed by atoms with Gasteiger partial charge in [0, 0.05) is 5.92 Å². The monoisotopic (exact) mass is 326 g/mol. The van der Waals surface area contributed by atoms with Gasteiger partial charge in [-0.3, -0.25) is 4.79 Å². The Labute approximate surface area is 138 Å². The molecule has 1 aliphatic rings. The van der Waals surface area contributed by atoms with Gasteiger partial charge in [-0.1, -0.05) is 42.5 Å². The molecule has 0 amide bonds. The summed E-state index contributed by atoms with van der Waals surface area (Å²) in [5, 5.41) is 0. The Bertz CT molecular complexity index is 781. The number of halogens is 1. The second-order valence-electron chi connectivity index (χ2n) is 5.41. The minimum absolute atomic E-state index is 0.149. The van der Waals surface area contributed by atoms with E-state index in [1.807, 2.05) is 30.3 Å². The molecule has 0 unspecified atom stereocenters. The van der Waals surface area contributed by atoms with Crippen LogP contribution in [-0.4, -0.2) is 19.0 Å². The first-order valence-corrected chi connectivity index (χ1v) is 7.42. The molecule has 24 heavy (non-hydrogen) atoms. The zero-order valence-electron chi connectivity index (χ0n) is 12.9. The summed E-state index contributed by atoms with van der Waals surface area (Å²) in [5.41, 5.74) is 1.47. The van der Waals surface area contributed by atoms with Crippen molar-refractivity contribution < 1.29 is 23.5 Å². The van der Waals surface area contributed by atoms with E-state index in [-0.39, 0.29) is 11.6 Å². The lowest BCUT2D eigenvalue weighted by Crippen LogP contribution is -2.29. The molecule has 0 N–H and O–H groups in total. The van der Waals surface area contributed by atoms with Crippen LogP contribution in [0, 0.1) is 5.82 Å². The van der Waals surface area contributed by atoms with Crippen LogP contribution in [0.5, 0.6) is 0 Å². The van der Waals surface area contributed by atoms with E-state index in [0.29, 0.717) is 5.56 Å². The summed E-state index contributed by atoms with van der Waals surface area (Å²) in [6.07, 6.45) is 1.55. The van der Waals surface area contributed by atoms with Crippen molar-refractivity contribution in [2.75, 3.05) is 7.11 Å². The maximum atomic E-state index is 13.2. The topological polar surface area (TPSA) is 52.6 Å². The Morgan fingerprint density at radius 1 is 1.04 bits per heavy atom. The number of methoxy groups -OCH3 is 1. The molecule has 4 nitrogen and oxygen atoms in total. The molecule has 2 atom stereocenters. The zero-order valence-corrected chi connectivity index (χ0v) is 12.9. The van der Waals surface area contributed by atoms with Crippen molar-refractivity contribution in [1.82, 2.24) is 0 Å². The van der Waals surface area contributed by atoms with Gasteiger partial charge in [0.2, 0.25) is 5.76 Å². The summed E-state index contributed by atoms with van der Waals surface area (Å²) in [6.45, 7) is 0. The Hall–Kier alpha value is -2.95. The van der Waals surface area contributed by atoms with E-state index in [4.69, 9.17) is 4.74 Å². The van der Waals surface area contributed by atoms with Crippen molar-refractivity contribution in [3.05, 3.63) is 83.4 Å². The van der Waals surface area contributed by atoms with E-state index in [0.717, 1.165) is 5.56 Å². The van der Waals surface area contributed by atoms with Gasteiger partial charge in [-0.25, -0.2) is 9.18 Å². The predicted molar refractivity (Wildman–Crippen MR) is 84.5 cm³/mol. The lowest BCUT2D eigenvalue weighted by molar-refractivity contribution is -0.152. The van der Waals surface area contributed by atoms with Crippen LogP contribution in [0.3, 0.4) is 0 Å². The third kappa shape index (κ3) is 3.06. The molecular weight excluding hydrogens is 311 g/mol. The van der Waals surface area contributed by atoms with Crippen molar-refractivity contribution in [3.8, 4) is 0 Å². The van der Waals surface area contributed by atoms with Gasteiger partial charge >= 0.3 is 11.9 Å². The van der Waals surface area contributed by atoms with E-state index in [9.17, 15) is 14.0 Å². The molecule has 3 rings (SSSR count). The van der Waals surface area contributed by atoms with Gasteiger partial charge in [-0.15, -0.1) is 0 Å². The van der Waals surface area contributed by atoms with Gasteiger partial charge in [0.25, 0.3) is 0 Å². The van der Waals surface area contributed by atoms with Crippen molar-refractivity contribution in [1.29, 1.82) is 0 Å². The number of hydrogen-bond donors (Lipinski definition) is 0. The molecule has 0 fully saturated rings. The van der Waals surface area contributed by atoms with Gasteiger partial charge < -0.3 is 9.47 Å². The van der Waals surface area contributed by atoms with Crippen LogP contribution >= 0.6 is 0 Å². The van der Waals surface area contributed by atoms with Gasteiger partial charge in [0.15, 0.2) is 0 Å². The van der Waals surface area contributed by atoms with E-state index >= 15 is 0 Å². The number of carbonyl (C=O) groups excluding carboxylic acids is 2. The molecule has 1 heterocycles. The van der Waals surface area contributed by atoms with Crippen LogP contribution in [0.15, 0.2) is 66.4 Å². The third-order valence-corrected chi connectivity index (χ3v) is 3.95. The maximum absolute atomic E-state index is 13.2.